The zero-order valence-corrected chi connectivity index (χ0v) is 13.0. The van der Waals surface area contributed by atoms with Crippen LogP contribution in [0, 0.1) is 0 Å². The summed E-state index contributed by atoms with van der Waals surface area (Å²) < 4.78 is 0. The summed E-state index contributed by atoms with van der Waals surface area (Å²) in [5, 5.41) is 11.3. The standard InChI is InChI=1S/C16H16N6O3/c17-15(18)20-11-5-1-9(2-6-11)13(23)22-16(19)21-12-7-3-10(4-8-12)14(24)25/h1-8H,(H,24,25)(H4,17,18,20)(H3,19,21,22,23). The highest BCUT2D eigenvalue weighted by Gasteiger charge is 2.07. The van der Waals surface area contributed by atoms with Gasteiger partial charge < -0.3 is 22.3 Å². The van der Waals surface area contributed by atoms with Crippen LogP contribution in [-0.2, 0) is 0 Å². The first-order valence-electron chi connectivity index (χ1n) is 7.04. The van der Waals surface area contributed by atoms with E-state index >= 15 is 0 Å². The molecule has 0 atom stereocenters. The molecule has 1 amide bonds. The monoisotopic (exact) mass is 340 g/mol. The molecule has 0 unspecified atom stereocenters. The van der Waals surface area contributed by atoms with E-state index in [2.05, 4.69) is 15.3 Å². The Morgan fingerprint density at radius 3 is 1.76 bits per heavy atom. The van der Waals surface area contributed by atoms with Gasteiger partial charge in [0.15, 0.2) is 5.96 Å². The van der Waals surface area contributed by atoms with Crippen molar-refractivity contribution in [2.75, 3.05) is 0 Å². The molecule has 2 aromatic carbocycles. The lowest BCUT2D eigenvalue weighted by Gasteiger charge is -2.05. The number of benzene rings is 2. The normalized spacial score (nSPS) is 10.8. The number of carbonyl (C=O) groups is 2. The molecule has 25 heavy (non-hydrogen) atoms. The van der Waals surface area contributed by atoms with E-state index in [1.165, 1.54) is 36.4 Å². The van der Waals surface area contributed by atoms with Gasteiger partial charge in [-0.05, 0) is 48.5 Å². The van der Waals surface area contributed by atoms with Gasteiger partial charge in [-0.3, -0.25) is 10.1 Å². The SMILES string of the molecule is NC(N)=Nc1ccc(C(=O)NC(N)=Nc2ccc(C(=O)O)cc2)cc1. The van der Waals surface area contributed by atoms with E-state index in [0.717, 1.165) is 0 Å². The van der Waals surface area contributed by atoms with E-state index in [1.807, 2.05) is 0 Å². The lowest BCUT2D eigenvalue weighted by atomic mass is 10.2. The topological polar surface area (TPSA) is 169 Å². The Morgan fingerprint density at radius 1 is 0.800 bits per heavy atom. The second-order valence-electron chi connectivity index (χ2n) is 4.89. The Kier molecular flexibility index (Phi) is 5.31. The van der Waals surface area contributed by atoms with Crippen molar-refractivity contribution < 1.29 is 14.7 Å². The second-order valence-corrected chi connectivity index (χ2v) is 4.89. The number of carboxylic acid groups (broad SMARTS) is 1. The summed E-state index contributed by atoms with van der Waals surface area (Å²) in [5.74, 6) is -1.70. The molecule has 0 aliphatic carbocycles. The lowest BCUT2D eigenvalue weighted by Crippen LogP contribution is -2.36. The van der Waals surface area contributed by atoms with Crippen molar-refractivity contribution >= 4 is 35.2 Å². The molecule has 0 saturated heterocycles. The van der Waals surface area contributed by atoms with Crippen LogP contribution in [0.4, 0.5) is 11.4 Å². The molecular weight excluding hydrogens is 324 g/mol. The van der Waals surface area contributed by atoms with Crippen molar-refractivity contribution in [3.05, 3.63) is 59.7 Å². The number of hydrogen-bond donors (Lipinski definition) is 5. The molecule has 2 rings (SSSR count). The van der Waals surface area contributed by atoms with Crippen LogP contribution < -0.4 is 22.5 Å². The van der Waals surface area contributed by atoms with Gasteiger partial charge in [-0.1, -0.05) is 0 Å². The Hall–Kier alpha value is -3.88. The first kappa shape index (κ1) is 17.5. The Morgan fingerprint density at radius 2 is 1.28 bits per heavy atom. The molecule has 0 saturated carbocycles. The van der Waals surface area contributed by atoms with Crippen molar-refractivity contribution in [1.29, 1.82) is 0 Å². The summed E-state index contributed by atoms with van der Waals surface area (Å²) in [6.07, 6.45) is 0. The number of carboxylic acids is 1. The number of guanidine groups is 2. The van der Waals surface area contributed by atoms with Crippen molar-refractivity contribution in [2.45, 2.75) is 0 Å². The predicted octanol–water partition coefficient (Wildman–Crippen LogP) is 0.666. The van der Waals surface area contributed by atoms with Crippen LogP contribution in [0.1, 0.15) is 20.7 Å². The minimum Gasteiger partial charge on any atom is -0.478 e. The number of nitrogens with two attached hydrogens (primary N) is 3. The van der Waals surface area contributed by atoms with Crippen molar-refractivity contribution in [1.82, 2.24) is 5.32 Å². The molecule has 0 bridgehead atoms. The average molecular weight is 340 g/mol. The van der Waals surface area contributed by atoms with Crippen LogP contribution >= 0.6 is 0 Å². The summed E-state index contributed by atoms with van der Waals surface area (Å²) >= 11 is 0. The van der Waals surface area contributed by atoms with E-state index in [-0.39, 0.29) is 17.5 Å². The molecule has 9 nitrogen and oxygen atoms in total. The van der Waals surface area contributed by atoms with Crippen LogP contribution in [0.2, 0.25) is 0 Å². The molecule has 0 aromatic heterocycles. The van der Waals surface area contributed by atoms with Gasteiger partial charge >= 0.3 is 5.97 Å². The van der Waals surface area contributed by atoms with E-state index in [0.29, 0.717) is 16.9 Å². The fourth-order valence-corrected chi connectivity index (χ4v) is 1.87. The minimum absolute atomic E-state index is 0.0810. The zero-order chi connectivity index (χ0) is 18.4. The predicted molar refractivity (Wildman–Crippen MR) is 94.1 cm³/mol. The Labute approximate surface area is 142 Å². The molecule has 2 aromatic rings. The molecule has 0 heterocycles. The lowest BCUT2D eigenvalue weighted by molar-refractivity contribution is 0.0696. The summed E-state index contributed by atoms with van der Waals surface area (Å²) in [5.41, 5.74) is 17.6. The van der Waals surface area contributed by atoms with E-state index in [9.17, 15) is 9.59 Å². The van der Waals surface area contributed by atoms with Crippen LogP contribution in [0.3, 0.4) is 0 Å². The smallest absolute Gasteiger partial charge is 0.335 e. The average Bonchev–Trinajstić information content (AvgIpc) is 2.55. The zero-order valence-electron chi connectivity index (χ0n) is 13.0. The number of nitrogens with zero attached hydrogens (tertiary/aromatic N) is 2. The first-order valence-corrected chi connectivity index (χ1v) is 7.04. The molecule has 0 aliphatic rings. The highest BCUT2D eigenvalue weighted by Crippen LogP contribution is 2.14. The van der Waals surface area contributed by atoms with Crippen LogP contribution in [-0.4, -0.2) is 28.9 Å². The van der Waals surface area contributed by atoms with Gasteiger partial charge in [-0.25, -0.2) is 14.8 Å². The molecule has 9 heteroatoms. The van der Waals surface area contributed by atoms with E-state index in [1.54, 1.807) is 12.1 Å². The third-order valence-corrected chi connectivity index (χ3v) is 2.99. The van der Waals surface area contributed by atoms with Crippen molar-refractivity contribution in [3.8, 4) is 0 Å². The fourth-order valence-electron chi connectivity index (χ4n) is 1.87. The van der Waals surface area contributed by atoms with Gasteiger partial charge in [0, 0.05) is 5.56 Å². The number of nitrogens with one attached hydrogen (secondary N) is 1. The molecule has 0 radical (unpaired) electrons. The highest BCUT2D eigenvalue weighted by molar-refractivity contribution is 6.05. The molecule has 0 aliphatic heterocycles. The molecule has 128 valence electrons. The molecule has 0 spiro atoms. The fraction of sp³-hybridized carbons (Fsp3) is 0. The summed E-state index contributed by atoms with van der Waals surface area (Å²) in [6.45, 7) is 0. The van der Waals surface area contributed by atoms with Crippen molar-refractivity contribution in [2.24, 2.45) is 27.2 Å². The van der Waals surface area contributed by atoms with Gasteiger partial charge in [0.2, 0.25) is 5.96 Å². The second kappa shape index (κ2) is 7.59. The summed E-state index contributed by atoms with van der Waals surface area (Å²) in [7, 11) is 0. The number of aromatic carboxylic acids is 1. The van der Waals surface area contributed by atoms with Gasteiger partial charge in [0.25, 0.3) is 5.91 Å². The maximum absolute atomic E-state index is 12.1. The number of rotatable bonds is 4. The number of hydrogen-bond acceptors (Lipinski definition) is 4. The highest BCUT2D eigenvalue weighted by atomic mass is 16.4. The Bertz CT molecular complexity index is 837. The maximum atomic E-state index is 12.1. The largest absolute Gasteiger partial charge is 0.478 e. The number of carbonyl (C=O) groups excluding carboxylic acids is 1. The van der Waals surface area contributed by atoms with Crippen molar-refractivity contribution in [3.63, 3.8) is 0 Å². The van der Waals surface area contributed by atoms with Crippen LogP contribution in [0.25, 0.3) is 0 Å². The van der Waals surface area contributed by atoms with Gasteiger partial charge in [-0.2, -0.15) is 0 Å². The Balaban J connectivity index is 2.06. The summed E-state index contributed by atoms with van der Waals surface area (Å²) in [4.78, 5) is 30.7. The van der Waals surface area contributed by atoms with Gasteiger partial charge in [-0.15, -0.1) is 0 Å². The van der Waals surface area contributed by atoms with Gasteiger partial charge in [0.1, 0.15) is 0 Å². The number of aliphatic imine (C=N–C) groups is 2. The third kappa shape index (κ3) is 5.06. The van der Waals surface area contributed by atoms with Crippen LogP contribution in [0.5, 0.6) is 0 Å². The molecule has 8 N–H and O–H groups in total. The third-order valence-electron chi connectivity index (χ3n) is 2.99. The maximum Gasteiger partial charge on any atom is 0.335 e. The first-order chi connectivity index (χ1) is 11.8. The quantitative estimate of drug-likeness (QED) is 0.404. The minimum atomic E-state index is -1.04. The number of amides is 1. The van der Waals surface area contributed by atoms with E-state index < -0.39 is 11.9 Å². The molecule has 0 fully saturated rings. The van der Waals surface area contributed by atoms with Crippen LogP contribution in [0.15, 0.2) is 58.5 Å². The van der Waals surface area contributed by atoms with E-state index in [4.69, 9.17) is 22.3 Å². The molecular formula is C16H16N6O3. The summed E-state index contributed by atoms with van der Waals surface area (Å²) in [6, 6.07) is 12.0. The van der Waals surface area contributed by atoms with Gasteiger partial charge in [0.05, 0.1) is 16.9 Å².